The van der Waals surface area contributed by atoms with Crippen LogP contribution in [-0.4, -0.2) is 21.6 Å². The molecule has 0 aliphatic carbocycles. The highest BCUT2D eigenvalue weighted by atomic mass is 16.6. The molecule has 1 aromatic heterocycles. The Hall–Kier alpha value is -2.96. The molecule has 7 heteroatoms. The van der Waals surface area contributed by atoms with Gasteiger partial charge in [0.2, 0.25) is 5.91 Å². The summed E-state index contributed by atoms with van der Waals surface area (Å²) in [6, 6.07) is 9.93. The smallest absolute Gasteiger partial charge is 0.273 e. The van der Waals surface area contributed by atoms with Gasteiger partial charge in [-0.25, -0.2) is 5.43 Å². The fourth-order valence-corrected chi connectivity index (χ4v) is 2.05. The van der Waals surface area contributed by atoms with E-state index >= 15 is 0 Å². The summed E-state index contributed by atoms with van der Waals surface area (Å²) in [7, 11) is 0. The van der Waals surface area contributed by atoms with Gasteiger partial charge in [-0.3, -0.25) is 14.9 Å². The number of nitro groups is 1. The SMILES string of the molecule is CCn1cccc1C=NNC(=O)Cc1ccccc1[N+](=O)[O-]. The van der Waals surface area contributed by atoms with E-state index in [4.69, 9.17) is 0 Å². The average Bonchev–Trinajstić information content (AvgIpc) is 2.95. The Kier molecular flexibility index (Phi) is 5.02. The maximum Gasteiger partial charge on any atom is 0.273 e. The highest BCUT2D eigenvalue weighted by Crippen LogP contribution is 2.17. The molecule has 0 aliphatic heterocycles. The van der Waals surface area contributed by atoms with E-state index in [1.165, 1.54) is 6.07 Å². The second-order valence-electron chi connectivity index (χ2n) is 4.57. The average molecular weight is 300 g/mol. The van der Waals surface area contributed by atoms with Crippen molar-refractivity contribution in [2.45, 2.75) is 19.9 Å². The largest absolute Gasteiger partial charge is 0.347 e. The molecule has 1 N–H and O–H groups in total. The first-order valence-electron chi connectivity index (χ1n) is 6.81. The number of carbonyl (C=O) groups excluding carboxylic acids is 1. The molecule has 2 rings (SSSR count). The topological polar surface area (TPSA) is 89.5 Å². The summed E-state index contributed by atoms with van der Waals surface area (Å²) >= 11 is 0. The molecule has 0 saturated carbocycles. The second-order valence-corrected chi connectivity index (χ2v) is 4.57. The van der Waals surface area contributed by atoms with Crippen molar-refractivity contribution >= 4 is 17.8 Å². The summed E-state index contributed by atoms with van der Waals surface area (Å²) < 4.78 is 1.97. The maximum atomic E-state index is 11.8. The van der Waals surface area contributed by atoms with Crippen LogP contribution in [0.15, 0.2) is 47.7 Å². The Labute approximate surface area is 127 Å². The molecule has 0 saturated heterocycles. The van der Waals surface area contributed by atoms with E-state index in [2.05, 4.69) is 10.5 Å². The summed E-state index contributed by atoms with van der Waals surface area (Å²) in [5.41, 5.74) is 3.54. The monoisotopic (exact) mass is 300 g/mol. The summed E-state index contributed by atoms with van der Waals surface area (Å²) in [6.45, 7) is 2.81. The van der Waals surface area contributed by atoms with Gasteiger partial charge in [0.25, 0.3) is 5.69 Å². The van der Waals surface area contributed by atoms with E-state index in [-0.39, 0.29) is 12.1 Å². The quantitative estimate of drug-likeness (QED) is 0.503. The third-order valence-electron chi connectivity index (χ3n) is 3.13. The molecule has 0 radical (unpaired) electrons. The van der Waals surface area contributed by atoms with Crippen LogP contribution in [0.25, 0.3) is 0 Å². The normalized spacial score (nSPS) is 10.8. The van der Waals surface area contributed by atoms with Crippen molar-refractivity contribution in [3.63, 3.8) is 0 Å². The lowest BCUT2D eigenvalue weighted by atomic mass is 10.1. The number of hydrazone groups is 1. The number of amides is 1. The lowest BCUT2D eigenvalue weighted by molar-refractivity contribution is -0.385. The molecule has 0 spiro atoms. The number of aryl methyl sites for hydroxylation is 1. The van der Waals surface area contributed by atoms with Gasteiger partial charge in [-0.1, -0.05) is 18.2 Å². The number of benzene rings is 1. The molecule has 1 aromatic carbocycles. The van der Waals surface area contributed by atoms with Crippen LogP contribution in [0.4, 0.5) is 5.69 Å². The molecule has 1 amide bonds. The Balaban J connectivity index is 1.98. The summed E-state index contributed by atoms with van der Waals surface area (Å²) in [5.74, 6) is -0.403. The minimum atomic E-state index is -0.500. The minimum absolute atomic E-state index is 0.0681. The standard InChI is InChI=1S/C15H16N4O3/c1-2-18-9-5-7-13(18)11-16-17-15(20)10-12-6-3-4-8-14(12)19(21)22/h3-9,11H,2,10H2,1H3,(H,17,20). The number of hydrogen-bond acceptors (Lipinski definition) is 4. The van der Waals surface area contributed by atoms with Gasteiger partial charge in [0.15, 0.2) is 0 Å². The molecule has 0 atom stereocenters. The van der Waals surface area contributed by atoms with Crippen LogP contribution in [0.2, 0.25) is 0 Å². The van der Waals surface area contributed by atoms with Gasteiger partial charge in [-0.15, -0.1) is 0 Å². The van der Waals surface area contributed by atoms with Gasteiger partial charge in [-0.2, -0.15) is 5.10 Å². The Morgan fingerprint density at radius 1 is 1.36 bits per heavy atom. The van der Waals surface area contributed by atoms with Gasteiger partial charge >= 0.3 is 0 Å². The lowest BCUT2D eigenvalue weighted by Crippen LogP contribution is -2.20. The maximum absolute atomic E-state index is 11.8. The molecular formula is C15H16N4O3. The van der Waals surface area contributed by atoms with Crippen LogP contribution in [0.5, 0.6) is 0 Å². The predicted molar refractivity (Wildman–Crippen MR) is 82.6 cm³/mol. The van der Waals surface area contributed by atoms with E-state index in [1.807, 2.05) is 29.8 Å². The van der Waals surface area contributed by atoms with Gasteiger partial charge < -0.3 is 4.57 Å². The van der Waals surface area contributed by atoms with Crippen LogP contribution in [-0.2, 0) is 17.8 Å². The zero-order valence-electron chi connectivity index (χ0n) is 12.1. The fraction of sp³-hybridized carbons (Fsp3) is 0.200. The van der Waals surface area contributed by atoms with Crippen LogP contribution < -0.4 is 5.43 Å². The summed E-state index contributed by atoms with van der Waals surface area (Å²) in [6.07, 6.45) is 3.36. The number of aromatic nitrogens is 1. The van der Waals surface area contributed by atoms with Crippen molar-refractivity contribution < 1.29 is 9.72 Å². The molecule has 0 aliphatic rings. The number of carbonyl (C=O) groups is 1. The first-order valence-corrected chi connectivity index (χ1v) is 6.81. The van der Waals surface area contributed by atoms with Gasteiger partial charge in [-0.05, 0) is 19.1 Å². The Bertz CT molecular complexity index is 706. The Morgan fingerprint density at radius 3 is 2.86 bits per heavy atom. The number of hydrogen-bond donors (Lipinski definition) is 1. The molecular weight excluding hydrogens is 284 g/mol. The number of nitrogens with one attached hydrogen (secondary N) is 1. The summed E-state index contributed by atoms with van der Waals surface area (Å²) in [4.78, 5) is 22.2. The third kappa shape index (κ3) is 3.78. The first-order chi connectivity index (χ1) is 10.6. The zero-order valence-corrected chi connectivity index (χ0v) is 12.1. The molecule has 0 fully saturated rings. The number of nitrogens with zero attached hydrogens (tertiary/aromatic N) is 3. The van der Waals surface area contributed by atoms with Gasteiger partial charge in [0.05, 0.1) is 23.3 Å². The summed E-state index contributed by atoms with van der Waals surface area (Å²) in [5, 5.41) is 14.8. The van der Waals surface area contributed by atoms with Crippen LogP contribution in [0, 0.1) is 10.1 Å². The van der Waals surface area contributed by atoms with E-state index in [9.17, 15) is 14.9 Å². The molecule has 2 aromatic rings. The molecule has 22 heavy (non-hydrogen) atoms. The molecule has 114 valence electrons. The second kappa shape index (κ2) is 7.16. The molecule has 7 nitrogen and oxygen atoms in total. The predicted octanol–water partition coefficient (Wildman–Crippen LogP) is 2.11. The first kappa shape index (κ1) is 15.4. The van der Waals surface area contributed by atoms with Crippen LogP contribution in [0.3, 0.4) is 0 Å². The van der Waals surface area contributed by atoms with Crippen molar-refractivity contribution in [2.24, 2.45) is 5.10 Å². The molecule has 1 heterocycles. The van der Waals surface area contributed by atoms with Crippen LogP contribution in [0.1, 0.15) is 18.2 Å². The highest BCUT2D eigenvalue weighted by Gasteiger charge is 2.14. The zero-order chi connectivity index (χ0) is 15.9. The van der Waals surface area contributed by atoms with Crippen molar-refractivity contribution in [3.8, 4) is 0 Å². The van der Waals surface area contributed by atoms with Crippen molar-refractivity contribution in [3.05, 3.63) is 64.0 Å². The van der Waals surface area contributed by atoms with E-state index in [0.29, 0.717) is 5.56 Å². The highest BCUT2D eigenvalue weighted by molar-refractivity contribution is 5.82. The van der Waals surface area contributed by atoms with Gasteiger partial charge in [0.1, 0.15) is 0 Å². The van der Waals surface area contributed by atoms with E-state index < -0.39 is 10.8 Å². The number of rotatable bonds is 6. The van der Waals surface area contributed by atoms with E-state index in [0.717, 1.165) is 12.2 Å². The number of para-hydroxylation sites is 1. The van der Waals surface area contributed by atoms with Crippen molar-refractivity contribution in [1.29, 1.82) is 0 Å². The van der Waals surface area contributed by atoms with Crippen LogP contribution >= 0.6 is 0 Å². The van der Waals surface area contributed by atoms with Crippen molar-refractivity contribution in [1.82, 2.24) is 9.99 Å². The Morgan fingerprint density at radius 2 is 2.14 bits per heavy atom. The number of nitro benzene ring substituents is 1. The lowest BCUT2D eigenvalue weighted by Gasteiger charge is -2.02. The van der Waals surface area contributed by atoms with Gasteiger partial charge in [0, 0.05) is 24.4 Å². The molecule has 0 unspecified atom stereocenters. The molecule has 0 bridgehead atoms. The van der Waals surface area contributed by atoms with Crippen molar-refractivity contribution in [2.75, 3.05) is 0 Å². The minimum Gasteiger partial charge on any atom is -0.347 e. The van der Waals surface area contributed by atoms with E-state index in [1.54, 1.807) is 24.4 Å². The fourth-order valence-electron chi connectivity index (χ4n) is 2.05. The third-order valence-corrected chi connectivity index (χ3v) is 3.13.